The van der Waals surface area contributed by atoms with Gasteiger partial charge < -0.3 is 53.2 Å². The monoisotopic (exact) mass is 1810 g/mol. The molecule has 30 nitrogen and oxygen atoms in total. The van der Waals surface area contributed by atoms with Crippen molar-refractivity contribution in [3.05, 3.63) is 34.7 Å². The van der Waals surface area contributed by atoms with E-state index < -0.39 is 76.4 Å². The Morgan fingerprint density at radius 1 is 0.417 bits per heavy atom. The number of hydrogen-bond acceptors (Lipinski definition) is 23. The van der Waals surface area contributed by atoms with E-state index in [9.17, 15) is 67.4 Å². The summed E-state index contributed by atoms with van der Waals surface area (Å²) in [6, 6.07) is -0.591. The number of esters is 5. The summed E-state index contributed by atoms with van der Waals surface area (Å²) < 4.78 is 40.9. The van der Waals surface area contributed by atoms with E-state index in [-0.39, 0.29) is 127 Å². The van der Waals surface area contributed by atoms with Crippen LogP contribution in [0.1, 0.15) is 329 Å². The lowest BCUT2D eigenvalue weighted by Crippen LogP contribution is -2.45. The van der Waals surface area contributed by atoms with Crippen molar-refractivity contribution < 1.29 is 116 Å². The summed E-state index contributed by atoms with van der Waals surface area (Å²) in [6.07, 6.45) is 6.82. The first-order chi connectivity index (χ1) is 57.6. The third-order valence-electron chi connectivity index (χ3n) is 21.6. The minimum Gasteiger partial charge on any atom is -0.481 e. The van der Waals surface area contributed by atoms with Crippen molar-refractivity contribution in [2.45, 2.75) is 375 Å². The number of ether oxygens (including phenoxy) is 8. The second-order valence-corrected chi connectivity index (χ2v) is 41.7. The number of aliphatic carboxylic acids is 2. The zero-order chi connectivity index (χ0) is 101. The topological polar surface area (TPSA) is 415 Å². The highest BCUT2D eigenvalue weighted by Gasteiger charge is 2.43. The fraction of sp³-hybridized carbons (Fsp3) is 0.825. The predicted octanol–water partition coefficient (Wildman–Crippen LogP) is 21.2. The first-order valence-electron chi connectivity index (χ1n) is 45.6. The molecule has 738 valence electrons. The normalized spacial score (nSPS) is 17.9. The molecule has 0 bridgehead atoms. The third-order valence-corrected chi connectivity index (χ3v) is 21.6. The summed E-state index contributed by atoms with van der Waals surface area (Å²) in [5.74, 6) is -0.406. The molecule has 127 heavy (non-hydrogen) atoms. The summed E-state index contributed by atoms with van der Waals surface area (Å²) in [4.78, 5) is 157. The SMILES string of the molecule is CC(C)/C=C/C(=O)N1C(=O)OC[C@H]1C.CC(C)/C=C/C(=O)O.CC(C)[C@H](C)CC(=O)N1C(=O)OC[C@H]1C.CC(C)[C@H](C)[C@@H](CC(=O)OC(C)(C)C)C(=O)N1C(=O)OC[C@H]1C.CC(C)[C@H](C)[C@@H](CC(=O)OC(C)(C)C)C(=O)O.CC(C)[C@H](C)[C@H](CN=[N+]=[N-])CC(=O)OC(C)(C)C.CC(C)[C@H](C)[C@H](CO)CC(=O)OC(C)(C)C.CC[C@H](CC(=O)OC(C)(C)C)[C@@H](C)C(C)C. The molecule has 0 spiro atoms. The van der Waals surface area contributed by atoms with Crippen LogP contribution in [0.5, 0.6) is 0 Å². The Hall–Kier alpha value is -8.14. The molecule has 0 radical (unpaired) electrons. The molecule has 6 amide bonds. The highest BCUT2D eigenvalue weighted by molar-refractivity contribution is 6.00. The number of aliphatic hydroxyl groups excluding tert-OH is 1. The van der Waals surface area contributed by atoms with Crippen LogP contribution in [0.4, 0.5) is 14.4 Å². The number of carbonyl (C=O) groups excluding carboxylic acids is 11. The number of azide groups is 1. The average Bonchev–Trinajstić information content (AvgIpc) is 1.67. The van der Waals surface area contributed by atoms with Crippen LogP contribution in [0.15, 0.2) is 29.4 Å². The van der Waals surface area contributed by atoms with Gasteiger partial charge in [0.05, 0.1) is 49.2 Å². The van der Waals surface area contributed by atoms with E-state index in [1.165, 1.54) is 11.0 Å². The van der Waals surface area contributed by atoms with Gasteiger partial charge >= 0.3 is 60.1 Å². The van der Waals surface area contributed by atoms with E-state index in [4.69, 9.17) is 53.6 Å². The number of nitrogens with zero attached hydrogens (tertiary/aromatic N) is 6. The van der Waals surface area contributed by atoms with E-state index in [1.54, 1.807) is 67.5 Å². The summed E-state index contributed by atoms with van der Waals surface area (Å²) in [5.41, 5.74) is 5.94. The van der Waals surface area contributed by atoms with Crippen molar-refractivity contribution >= 4 is 77.8 Å². The Bertz CT molecular complexity index is 3380. The summed E-state index contributed by atoms with van der Waals surface area (Å²) in [6.45, 7) is 81.0. The van der Waals surface area contributed by atoms with Gasteiger partial charge in [-0.2, -0.15) is 0 Å². The van der Waals surface area contributed by atoms with Crippen molar-refractivity contribution in [1.82, 2.24) is 14.7 Å². The van der Waals surface area contributed by atoms with Crippen molar-refractivity contribution in [3.63, 3.8) is 0 Å². The van der Waals surface area contributed by atoms with Crippen molar-refractivity contribution in [1.29, 1.82) is 0 Å². The lowest BCUT2D eigenvalue weighted by atomic mass is 9.81. The average molecular weight is 1810 g/mol. The van der Waals surface area contributed by atoms with Crippen LogP contribution in [-0.2, 0) is 85.8 Å². The maximum atomic E-state index is 12.8. The minimum atomic E-state index is -0.933. The van der Waals surface area contributed by atoms with Crippen molar-refractivity contribution in [2.24, 2.45) is 118 Å². The second-order valence-electron chi connectivity index (χ2n) is 41.7. The summed E-state index contributed by atoms with van der Waals surface area (Å²) >= 11 is 0. The van der Waals surface area contributed by atoms with E-state index in [0.717, 1.165) is 22.3 Å². The molecular formula is C97H176N6O24. The lowest BCUT2D eigenvalue weighted by Gasteiger charge is -2.30. The zero-order valence-corrected chi connectivity index (χ0v) is 86.1. The fourth-order valence-corrected chi connectivity index (χ4v) is 12.1. The van der Waals surface area contributed by atoms with Crippen LogP contribution >= 0.6 is 0 Å². The standard InChI is InChI=1S/C17H29NO5.C14H28O2.C13H25N3O2.C13H24O4.C13H26O3.C11H19NO3.C10H15NO3.C6H10O2/c1-10(2)12(4)13(8-14(19)23-17(5,6)7)15(20)18-11(3)9-22-16(18)21;1-8-12(11(4)10(2)3)9-13(15)16-14(5,6)7;1-9(2)10(3)11(8-15-16-14)7-12(17)18-13(4,5)6;1-8(2)9(3)10(12(15)16)7-11(14)17-13(4,5)6;1-9(2)10(3)11(8-14)7-12(15)16-13(4,5)6;1-7(2)8(3)5-10(13)12-9(4)6-15-11(12)14;1-7(2)4-5-9(12)11-8(3)6-14-10(11)13;1-5(2)3-4-6(7)8/h10-13H,8-9H2,1-7H3;10-12H,8-9H2,1-7H3;9-11H,7-8H2,1-6H3;8-10H,7H2,1-6H3,(H,15,16);9-11,14H,7-8H2,1-6H3;7-9H,5-6H2,1-4H3;4-5,7-8H,6H2,1-3H3;3-5H,1-2H3,(H,7,8)/b;;;;;;5-4+;4-3+/t11-,12+,13-;11-,12+;10-,11-;9-,10+;10-,11-;8-,9-;8-;/m1000011./s1. The number of cyclic esters (lactones) is 3. The van der Waals surface area contributed by atoms with Crippen LogP contribution in [-0.4, -0.2) is 187 Å². The number of carboxylic acid groups (broad SMARTS) is 2. The third kappa shape index (κ3) is 60.4. The molecule has 0 unspecified atom stereocenters. The van der Waals surface area contributed by atoms with Crippen molar-refractivity contribution in [2.75, 3.05) is 33.0 Å². The lowest BCUT2D eigenvalue weighted by molar-refractivity contribution is -0.161. The van der Waals surface area contributed by atoms with Gasteiger partial charge in [0.2, 0.25) is 11.8 Å². The molecule has 3 aliphatic heterocycles. The van der Waals surface area contributed by atoms with Crippen LogP contribution in [0.25, 0.3) is 10.4 Å². The molecule has 0 aromatic heterocycles. The maximum absolute atomic E-state index is 12.8. The Morgan fingerprint density at radius 3 is 0.984 bits per heavy atom. The molecule has 3 aliphatic rings. The molecule has 3 heterocycles. The second kappa shape index (κ2) is 61.4. The van der Waals surface area contributed by atoms with Gasteiger partial charge in [-0.3, -0.25) is 43.2 Å². The molecule has 3 N–H and O–H groups in total. The van der Waals surface area contributed by atoms with Gasteiger partial charge in [0.1, 0.15) is 47.8 Å². The van der Waals surface area contributed by atoms with Gasteiger partial charge in [-0.05, 0) is 237 Å². The first-order valence-corrected chi connectivity index (χ1v) is 45.6. The van der Waals surface area contributed by atoms with E-state index in [1.807, 2.05) is 145 Å². The fourth-order valence-electron chi connectivity index (χ4n) is 12.1. The molecule has 3 fully saturated rings. The number of carbonyl (C=O) groups is 13. The number of aliphatic hydroxyl groups is 1. The van der Waals surface area contributed by atoms with Gasteiger partial charge in [0.25, 0.3) is 5.91 Å². The molecule has 14 atom stereocenters. The van der Waals surface area contributed by atoms with E-state index in [2.05, 4.69) is 93.1 Å². The summed E-state index contributed by atoms with van der Waals surface area (Å²) in [5, 5.41) is 30.1. The van der Waals surface area contributed by atoms with E-state index >= 15 is 0 Å². The maximum Gasteiger partial charge on any atom is 0.417 e. The molecule has 0 aliphatic carbocycles. The van der Waals surface area contributed by atoms with Gasteiger partial charge in [-0.15, -0.1) is 0 Å². The molecule has 0 saturated carbocycles. The van der Waals surface area contributed by atoms with Gasteiger partial charge in [0, 0.05) is 43.4 Å². The number of imide groups is 3. The highest BCUT2D eigenvalue weighted by atomic mass is 16.6. The number of carboxylic acids is 2. The summed E-state index contributed by atoms with van der Waals surface area (Å²) in [7, 11) is 0. The quantitative estimate of drug-likeness (QED) is 0.0137. The van der Waals surface area contributed by atoms with Gasteiger partial charge in [0.15, 0.2) is 0 Å². The van der Waals surface area contributed by atoms with Gasteiger partial charge in [-0.25, -0.2) is 33.9 Å². The smallest absolute Gasteiger partial charge is 0.417 e. The Kier molecular flexibility index (Phi) is 61.6. The minimum absolute atomic E-state index is 0.00477. The van der Waals surface area contributed by atoms with Crippen LogP contribution < -0.4 is 0 Å². The largest absolute Gasteiger partial charge is 0.481 e. The van der Waals surface area contributed by atoms with E-state index in [0.29, 0.717) is 105 Å². The number of allylic oxidation sites excluding steroid dienone is 2. The molecule has 0 aromatic rings. The number of amides is 6. The van der Waals surface area contributed by atoms with Crippen molar-refractivity contribution in [3.8, 4) is 0 Å². The molecule has 0 aromatic carbocycles. The first kappa shape index (κ1) is 127. The van der Waals surface area contributed by atoms with Gasteiger partial charge in [-0.1, -0.05) is 183 Å². The Morgan fingerprint density at radius 2 is 0.709 bits per heavy atom. The molecule has 3 rings (SSSR count). The predicted molar refractivity (Wildman–Crippen MR) is 496 cm³/mol. The molecular weight excluding hydrogens is 1630 g/mol. The number of rotatable bonds is 33. The zero-order valence-electron chi connectivity index (χ0n) is 86.1. The van der Waals surface area contributed by atoms with Crippen LogP contribution in [0.3, 0.4) is 0 Å². The Labute approximate surface area is 764 Å². The van der Waals surface area contributed by atoms with Crippen LogP contribution in [0, 0.1) is 112 Å². The highest BCUT2D eigenvalue weighted by Crippen LogP contribution is 2.33. The Balaban J connectivity index is -0.000000451. The molecule has 30 heteroatoms. The van der Waals surface area contributed by atoms with Crippen LogP contribution in [0.2, 0.25) is 0 Å². The number of hydrogen-bond donors (Lipinski definition) is 3. The molecule has 3 saturated heterocycles.